The van der Waals surface area contributed by atoms with E-state index in [2.05, 4.69) is 4.98 Å². The molecular formula is C22H26N2O7S. The Balaban J connectivity index is 1.68. The molecule has 32 heavy (non-hydrogen) atoms. The fourth-order valence-corrected chi connectivity index (χ4v) is 4.87. The maximum absolute atomic E-state index is 10.5. The van der Waals surface area contributed by atoms with Gasteiger partial charge in [-0.15, -0.1) is 0 Å². The first-order chi connectivity index (χ1) is 15.5. The molecule has 4 rings (SSSR count). The third-order valence-electron chi connectivity index (χ3n) is 5.48. The summed E-state index contributed by atoms with van der Waals surface area (Å²) in [7, 11) is 3.16. The lowest BCUT2D eigenvalue weighted by Crippen LogP contribution is -2.57. The molecule has 2 heterocycles. The lowest BCUT2D eigenvalue weighted by molar-refractivity contribution is -0.205. The number of para-hydroxylation sites is 2. The van der Waals surface area contributed by atoms with Gasteiger partial charge in [-0.1, -0.05) is 30.0 Å². The van der Waals surface area contributed by atoms with E-state index in [0.29, 0.717) is 23.2 Å². The number of imidazole rings is 1. The van der Waals surface area contributed by atoms with E-state index in [0.717, 1.165) is 28.4 Å². The zero-order chi connectivity index (χ0) is 22.8. The minimum absolute atomic E-state index is 0.459. The number of benzene rings is 2. The molecule has 10 heteroatoms. The molecule has 1 saturated heterocycles. The Morgan fingerprint density at radius 2 is 1.75 bits per heavy atom. The Kier molecular flexibility index (Phi) is 6.89. The topological polar surface area (TPSA) is 126 Å². The molecule has 1 aromatic heterocycles. The van der Waals surface area contributed by atoms with Crippen LogP contribution in [0, 0.1) is 0 Å². The minimum Gasteiger partial charge on any atom is -0.493 e. The van der Waals surface area contributed by atoms with Gasteiger partial charge < -0.3 is 39.2 Å². The number of fused-ring (bicyclic) bond motifs is 1. The van der Waals surface area contributed by atoms with Crippen molar-refractivity contribution in [1.29, 1.82) is 0 Å². The number of aliphatic hydroxyl groups is 4. The van der Waals surface area contributed by atoms with Crippen molar-refractivity contribution >= 4 is 22.8 Å². The van der Waals surface area contributed by atoms with E-state index in [9.17, 15) is 20.4 Å². The molecule has 4 N–H and O–H groups in total. The molecule has 0 amide bonds. The highest BCUT2D eigenvalue weighted by Gasteiger charge is 2.44. The van der Waals surface area contributed by atoms with Crippen LogP contribution < -0.4 is 9.47 Å². The van der Waals surface area contributed by atoms with Crippen molar-refractivity contribution in [3.05, 3.63) is 48.0 Å². The molecule has 0 radical (unpaired) electrons. The van der Waals surface area contributed by atoms with Crippen molar-refractivity contribution in [2.24, 2.45) is 0 Å². The van der Waals surface area contributed by atoms with Gasteiger partial charge in [0.25, 0.3) is 0 Å². The van der Waals surface area contributed by atoms with E-state index in [1.807, 2.05) is 47.0 Å². The Bertz CT molecular complexity index is 1070. The van der Waals surface area contributed by atoms with Gasteiger partial charge in [-0.25, -0.2) is 4.98 Å². The predicted molar refractivity (Wildman–Crippen MR) is 118 cm³/mol. The first-order valence-electron chi connectivity index (χ1n) is 10.1. The van der Waals surface area contributed by atoms with Crippen LogP contribution in [0.1, 0.15) is 5.56 Å². The van der Waals surface area contributed by atoms with Crippen LogP contribution in [-0.2, 0) is 11.3 Å². The number of hydrogen-bond acceptors (Lipinski definition) is 9. The molecule has 5 atom stereocenters. The summed E-state index contributed by atoms with van der Waals surface area (Å²) in [5, 5.41) is 40.7. The van der Waals surface area contributed by atoms with Gasteiger partial charge in [0.1, 0.15) is 29.9 Å². The van der Waals surface area contributed by atoms with Gasteiger partial charge >= 0.3 is 0 Å². The van der Waals surface area contributed by atoms with Crippen LogP contribution in [-0.4, -0.2) is 80.7 Å². The third-order valence-corrected chi connectivity index (χ3v) is 6.62. The smallest absolute Gasteiger partial charge is 0.171 e. The Labute approximate surface area is 189 Å². The normalized spacial score (nSPS) is 25.8. The van der Waals surface area contributed by atoms with E-state index < -0.39 is 36.5 Å². The van der Waals surface area contributed by atoms with Crippen molar-refractivity contribution in [1.82, 2.24) is 9.55 Å². The molecule has 1 aliphatic rings. The largest absolute Gasteiger partial charge is 0.493 e. The minimum atomic E-state index is -1.44. The van der Waals surface area contributed by atoms with Gasteiger partial charge in [-0.3, -0.25) is 0 Å². The summed E-state index contributed by atoms with van der Waals surface area (Å²) in [6, 6.07) is 13.3. The van der Waals surface area contributed by atoms with Crippen LogP contribution in [0.2, 0.25) is 0 Å². The number of aromatic nitrogens is 2. The average Bonchev–Trinajstić information content (AvgIpc) is 3.16. The lowest BCUT2D eigenvalue weighted by Gasteiger charge is -2.39. The standard InChI is InChI=1S/C22H26N2O7S/c1-29-15-8-7-12(9-16(15)30-2)10-24-14-6-4-3-5-13(14)23-22(24)32-21-20(28)19(27)18(26)17(11-25)31-21/h3-9,17-21,25-28H,10-11H2,1-2H3. The molecule has 1 fully saturated rings. The number of rotatable bonds is 7. The highest BCUT2D eigenvalue weighted by Crippen LogP contribution is 2.35. The molecule has 0 saturated carbocycles. The monoisotopic (exact) mass is 462 g/mol. The molecule has 172 valence electrons. The van der Waals surface area contributed by atoms with Crippen LogP contribution in [0.3, 0.4) is 0 Å². The summed E-state index contributed by atoms with van der Waals surface area (Å²) < 4.78 is 18.4. The highest BCUT2D eigenvalue weighted by atomic mass is 32.2. The van der Waals surface area contributed by atoms with Crippen LogP contribution in [0.25, 0.3) is 11.0 Å². The van der Waals surface area contributed by atoms with Crippen LogP contribution >= 0.6 is 11.8 Å². The molecular weight excluding hydrogens is 436 g/mol. The predicted octanol–water partition coefficient (Wildman–Crippen LogP) is 0.994. The SMILES string of the molecule is COc1ccc(Cn2c(SC3OC(CO)C(O)C(O)C3O)nc3ccccc32)cc1OC. The Hall–Kier alpha value is -2.34. The van der Waals surface area contributed by atoms with Crippen molar-refractivity contribution in [3.63, 3.8) is 0 Å². The van der Waals surface area contributed by atoms with Crippen molar-refractivity contribution in [2.75, 3.05) is 20.8 Å². The third kappa shape index (κ3) is 4.29. The summed E-state index contributed by atoms with van der Waals surface area (Å²) >= 11 is 1.13. The van der Waals surface area contributed by atoms with E-state index in [1.165, 1.54) is 0 Å². The van der Waals surface area contributed by atoms with Gasteiger partial charge in [-0.2, -0.15) is 0 Å². The van der Waals surface area contributed by atoms with Crippen LogP contribution in [0.15, 0.2) is 47.6 Å². The molecule has 5 unspecified atom stereocenters. The van der Waals surface area contributed by atoms with Gasteiger partial charge in [-0.05, 0) is 29.8 Å². The van der Waals surface area contributed by atoms with E-state index >= 15 is 0 Å². The van der Waals surface area contributed by atoms with Gasteiger partial charge in [0, 0.05) is 0 Å². The number of ether oxygens (including phenoxy) is 3. The zero-order valence-electron chi connectivity index (χ0n) is 17.7. The summed E-state index contributed by atoms with van der Waals surface area (Å²) in [5.74, 6) is 1.24. The second-order valence-electron chi connectivity index (χ2n) is 7.47. The fourth-order valence-electron chi connectivity index (χ4n) is 3.73. The maximum Gasteiger partial charge on any atom is 0.171 e. The Morgan fingerprint density at radius 1 is 1.00 bits per heavy atom. The average molecular weight is 463 g/mol. The van der Waals surface area contributed by atoms with E-state index in [-0.39, 0.29) is 0 Å². The van der Waals surface area contributed by atoms with Crippen molar-refractivity contribution in [2.45, 2.75) is 41.6 Å². The number of methoxy groups -OCH3 is 2. The molecule has 0 spiro atoms. The maximum atomic E-state index is 10.5. The summed E-state index contributed by atoms with van der Waals surface area (Å²) in [6.07, 6.45) is -5.18. The van der Waals surface area contributed by atoms with Crippen molar-refractivity contribution in [3.8, 4) is 11.5 Å². The highest BCUT2D eigenvalue weighted by molar-refractivity contribution is 7.99. The first-order valence-corrected chi connectivity index (χ1v) is 11.0. The van der Waals surface area contributed by atoms with E-state index in [4.69, 9.17) is 14.2 Å². The van der Waals surface area contributed by atoms with Crippen LogP contribution in [0.4, 0.5) is 0 Å². The fraction of sp³-hybridized carbons (Fsp3) is 0.409. The number of hydrogen-bond donors (Lipinski definition) is 4. The molecule has 0 aliphatic carbocycles. The summed E-state index contributed by atoms with van der Waals surface area (Å²) in [5.41, 5.74) is 1.67. The molecule has 0 bridgehead atoms. The number of thioether (sulfide) groups is 1. The first kappa shape index (κ1) is 22.8. The van der Waals surface area contributed by atoms with Crippen molar-refractivity contribution < 1.29 is 34.6 Å². The lowest BCUT2D eigenvalue weighted by atomic mass is 10.0. The number of nitrogens with zero attached hydrogens (tertiary/aromatic N) is 2. The second kappa shape index (κ2) is 9.65. The van der Waals surface area contributed by atoms with E-state index in [1.54, 1.807) is 14.2 Å². The molecule has 2 aromatic carbocycles. The molecule has 9 nitrogen and oxygen atoms in total. The van der Waals surface area contributed by atoms with Gasteiger partial charge in [0.15, 0.2) is 16.7 Å². The molecule has 1 aliphatic heterocycles. The summed E-state index contributed by atoms with van der Waals surface area (Å²) in [6.45, 7) is -0.0231. The van der Waals surface area contributed by atoms with Gasteiger partial charge in [0.05, 0.1) is 38.4 Å². The van der Waals surface area contributed by atoms with Gasteiger partial charge in [0.2, 0.25) is 0 Å². The Morgan fingerprint density at radius 3 is 2.47 bits per heavy atom. The zero-order valence-corrected chi connectivity index (χ0v) is 18.5. The molecule has 3 aromatic rings. The number of aliphatic hydroxyl groups excluding tert-OH is 4. The second-order valence-corrected chi connectivity index (χ2v) is 8.54. The summed E-state index contributed by atoms with van der Waals surface area (Å²) in [4.78, 5) is 4.68. The van der Waals surface area contributed by atoms with Crippen LogP contribution in [0.5, 0.6) is 11.5 Å². The quantitative estimate of drug-likeness (QED) is 0.407.